The fourth-order valence-corrected chi connectivity index (χ4v) is 3.25. The number of halogens is 1. The van der Waals surface area contributed by atoms with E-state index in [2.05, 4.69) is 31.2 Å². The van der Waals surface area contributed by atoms with Crippen LogP contribution in [-0.2, 0) is 0 Å². The Bertz CT molecular complexity index is 1130. The number of anilines is 1. The molecule has 0 atom stereocenters. The van der Waals surface area contributed by atoms with Crippen molar-refractivity contribution in [1.29, 1.82) is 0 Å². The zero-order valence-electron chi connectivity index (χ0n) is 12.9. The average molecular weight is 380 g/mol. The third kappa shape index (κ3) is 2.47. The van der Waals surface area contributed by atoms with E-state index < -0.39 is 0 Å². The van der Waals surface area contributed by atoms with E-state index in [1.165, 1.54) is 0 Å². The molecular weight excluding hydrogens is 366 g/mol. The van der Waals surface area contributed by atoms with Crippen LogP contribution in [0.2, 0.25) is 0 Å². The number of nitrogens with zero attached hydrogens (tertiary/aromatic N) is 1. The maximum Gasteiger partial charge on any atom is 0.275 e. The summed E-state index contributed by atoms with van der Waals surface area (Å²) in [6, 6.07) is 17.8. The number of hydrogen-bond acceptors (Lipinski definition) is 3. The minimum Gasteiger partial charge on any atom is -0.388 e. The molecule has 5 heteroatoms. The summed E-state index contributed by atoms with van der Waals surface area (Å²) in [5, 5.41) is 5.29. The van der Waals surface area contributed by atoms with Gasteiger partial charge in [-0.15, -0.1) is 0 Å². The van der Waals surface area contributed by atoms with Crippen molar-refractivity contribution in [3.8, 4) is 11.3 Å². The highest BCUT2D eigenvalue weighted by Gasteiger charge is 2.12. The van der Waals surface area contributed by atoms with Crippen LogP contribution >= 0.6 is 15.9 Å². The standard InChI is InChI=1S/C19H14BrN3O/c1-21-15-7-6-13(20)10-14(15)18-19(24)23-17-9-12-5-3-2-4-11(12)8-16(17)22-18/h2-10,21H,1H3,(H,23,24). The summed E-state index contributed by atoms with van der Waals surface area (Å²) in [5.41, 5.74) is 3.34. The Morgan fingerprint density at radius 2 is 1.79 bits per heavy atom. The van der Waals surface area contributed by atoms with Gasteiger partial charge in [-0.3, -0.25) is 4.79 Å². The van der Waals surface area contributed by atoms with Gasteiger partial charge in [-0.2, -0.15) is 0 Å². The molecule has 0 saturated carbocycles. The van der Waals surface area contributed by atoms with Crippen molar-refractivity contribution in [1.82, 2.24) is 9.97 Å². The van der Waals surface area contributed by atoms with Crippen LogP contribution in [0, 0.1) is 0 Å². The second kappa shape index (κ2) is 5.76. The van der Waals surface area contributed by atoms with E-state index in [-0.39, 0.29) is 5.56 Å². The fourth-order valence-electron chi connectivity index (χ4n) is 2.89. The van der Waals surface area contributed by atoms with Crippen molar-refractivity contribution in [2.75, 3.05) is 12.4 Å². The Balaban J connectivity index is 2.03. The summed E-state index contributed by atoms with van der Waals surface area (Å²) in [6.07, 6.45) is 0. The number of rotatable bonds is 2. The highest BCUT2D eigenvalue weighted by Crippen LogP contribution is 2.29. The summed E-state index contributed by atoms with van der Waals surface area (Å²) in [4.78, 5) is 20.2. The highest BCUT2D eigenvalue weighted by atomic mass is 79.9. The van der Waals surface area contributed by atoms with E-state index in [4.69, 9.17) is 0 Å². The Morgan fingerprint density at radius 1 is 1.04 bits per heavy atom. The lowest BCUT2D eigenvalue weighted by Crippen LogP contribution is -2.12. The molecule has 4 nitrogen and oxygen atoms in total. The minimum absolute atomic E-state index is 0.201. The predicted molar refractivity (Wildman–Crippen MR) is 103 cm³/mol. The van der Waals surface area contributed by atoms with Crippen LogP contribution < -0.4 is 10.9 Å². The van der Waals surface area contributed by atoms with Crippen molar-refractivity contribution in [3.05, 3.63) is 69.4 Å². The molecule has 0 spiro atoms. The Morgan fingerprint density at radius 3 is 2.54 bits per heavy atom. The molecule has 0 saturated heterocycles. The molecule has 118 valence electrons. The molecule has 0 fully saturated rings. The Labute approximate surface area is 146 Å². The first-order valence-electron chi connectivity index (χ1n) is 7.56. The summed E-state index contributed by atoms with van der Waals surface area (Å²) >= 11 is 3.46. The van der Waals surface area contributed by atoms with Gasteiger partial charge in [0.25, 0.3) is 5.56 Å². The molecule has 4 rings (SSSR count). The maximum absolute atomic E-state index is 12.6. The summed E-state index contributed by atoms with van der Waals surface area (Å²) in [6.45, 7) is 0. The summed E-state index contributed by atoms with van der Waals surface area (Å²) in [7, 11) is 1.83. The number of aromatic amines is 1. The van der Waals surface area contributed by atoms with E-state index in [1.807, 2.05) is 61.6 Å². The first kappa shape index (κ1) is 14.9. The van der Waals surface area contributed by atoms with Gasteiger partial charge in [-0.25, -0.2) is 4.98 Å². The van der Waals surface area contributed by atoms with Crippen molar-refractivity contribution in [2.24, 2.45) is 0 Å². The van der Waals surface area contributed by atoms with Crippen LogP contribution in [0.15, 0.2) is 63.9 Å². The Kier molecular flexibility index (Phi) is 3.58. The molecule has 0 bridgehead atoms. The predicted octanol–water partition coefficient (Wildman–Crippen LogP) is 4.55. The number of hydrogen-bond donors (Lipinski definition) is 2. The monoisotopic (exact) mass is 379 g/mol. The van der Waals surface area contributed by atoms with Gasteiger partial charge in [0.1, 0.15) is 5.69 Å². The van der Waals surface area contributed by atoms with Crippen LogP contribution in [0.5, 0.6) is 0 Å². The highest BCUT2D eigenvalue weighted by molar-refractivity contribution is 9.10. The average Bonchev–Trinajstić information content (AvgIpc) is 2.59. The van der Waals surface area contributed by atoms with Crippen molar-refractivity contribution in [3.63, 3.8) is 0 Å². The molecule has 0 aliphatic carbocycles. The van der Waals surface area contributed by atoms with Crippen LogP contribution in [0.4, 0.5) is 5.69 Å². The fraction of sp³-hybridized carbons (Fsp3) is 0.0526. The van der Waals surface area contributed by atoms with Gasteiger partial charge in [-0.05, 0) is 41.1 Å². The third-order valence-electron chi connectivity index (χ3n) is 4.07. The van der Waals surface area contributed by atoms with Crippen LogP contribution in [-0.4, -0.2) is 17.0 Å². The van der Waals surface area contributed by atoms with E-state index >= 15 is 0 Å². The van der Waals surface area contributed by atoms with Gasteiger partial charge in [0.15, 0.2) is 0 Å². The number of H-pyrrole nitrogens is 1. The number of benzene rings is 3. The number of aromatic nitrogens is 2. The largest absolute Gasteiger partial charge is 0.388 e. The van der Waals surface area contributed by atoms with Crippen LogP contribution in [0.1, 0.15) is 0 Å². The molecule has 0 amide bonds. The quantitative estimate of drug-likeness (QED) is 0.502. The molecule has 0 aliphatic rings. The normalized spacial score (nSPS) is 11.1. The zero-order valence-corrected chi connectivity index (χ0v) is 14.5. The van der Waals surface area contributed by atoms with Crippen LogP contribution in [0.3, 0.4) is 0 Å². The molecule has 0 aliphatic heterocycles. The van der Waals surface area contributed by atoms with Gasteiger partial charge in [0.05, 0.1) is 11.0 Å². The molecule has 2 N–H and O–H groups in total. The zero-order chi connectivity index (χ0) is 16.7. The van der Waals surface area contributed by atoms with Crippen LogP contribution in [0.25, 0.3) is 33.1 Å². The van der Waals surface area contributed by atoms with E-state index in [0.717, 1.165) is 37.5 Å². The minimum atomic E-state index is -0.201. The van der Waals surface area contributed by atoms with Gasteiger partial charge in [0, 0.05) is 22.8 Å². The number of nitrogens with one attached hydrogen (secondary N) is 2. The van der Waals surface area contributed by atoms with Crippen molar-refractivity contribution >= 4 is 43.4 Å². The van der Waals surface area contributed by atoms with Gasteiger partial charge in [0.2, 0.25) is 0 Å². The van der Waals surface area contributed by atoms with E-state index in [1.54, 1.807) is 0 Å². The van der Waals surface area contributed by atoms with Crippen molar-refractivity contribution in [2.45, 2.75) is 0 Å². The third-order valence-corrected chi connectivity index (χ3v) is 4.56. The lowest BCUT2D eigenvalue weighted by Gasteiger charge is -2.10. The van der Waals surface area contributed by atoms with E-state index in [0.29, 0.717) is 5.69 Å². The second-order valence-electron chi connectivity index (χ2n) is 5.57. The molecule has 1 aromatic heterocycles. The molecule has 0 radical (unpaired) electrons. The van der Waals surface area contributed by atoms with Gasteiger partial charge >= 0.3 is 0 Å². The smallest absolute Gasteiger partial charge is 0.275 e. The molecular formula is C19H14BrN3O. The van der Waals surface area contributed by atoms with Crippen molar-refractivity contribution < 1.29 is 0 Å². The SMILES string of the molecule is CNc1ccc(Br)cc1-c1nc2cc3ccccc3cc2[nH]c1=O. The lowest BCUT2D eigenvalue weighted by molar-refractivity contribution is 1.22. The topological polar surface area (TPSA) is 57.8 Å². The lowest BCUT2D eigenvalue weighted by atomic mass is 10.1. The summed E-state index contributed by atoms with van der Waals surface area (Å²) in [5.74, 6) is 0. The summed E-state index contributed by atoms with van der Waals surface area (Å²) < 4.78 is 0.899. The van der Waals surface area contributed by atoms with E-state index in [9.17, 15) is 4.79 Å². The Hall–Kier alpha value is -2.66. The number of fused-ring (bicyclic) bond motifs is 2. The first-order valence-corrected chi connectivity index (χ1v) is 8.35. The molecule has 1 heterocycles. The molecule has 0 unspecified atom stereocenters. The van der Waals surface area contributed by atoms with Gasteiger partial charge < -0.3 is 10.3 Å². The molecule has 3 aromatic carbocycles. The van der Waals surface area contributed by atoms with Gasteiger partial charge in [-0.1, -0.05) is 40.2 Å². The molecule has 4 aromatic rings. The maximum atomic E-state index is 12.6. The first-order chi connectivity index (χ1) is 11.7. The second-order valence-corrected chi connectivity index (χ2v) is 6.49. The molecule has 24 heavy (non-hydrogen) atoms.